The van der Waals surface area contributed by atoms with Gasteiger partial charge in [-0.25, -0.2) is 0 Å². The summed E-state index contributed by atoms with van der Waals surface area (Å²) in [5, 5.41) is 8.69. The second-order valence-electron chi connectivity index (χ2n) is 4.11. The van der Waals surface area contributed by atoms with Gasteiger partial charge in [0.05, 0.1) is 12.1 Å². The Balaban J connectivity index is 1.85. The van der Waals surface area contributed by atoms with Crippen LogP contribution in [0.1, 0.15) is 5.82 Å². The van der Waals surface area contributed by atoms with Gasteiger partial charge in [-0.3, -0.25) is 4.40 Å². The van der Waals surface area contributed by atoms with E-state index in [9.17, 15) is 0 Å². The van der Waals surface area contributed by atoms with Crippen molar-refractivity contribution in [1.29, 1.82) is 0 Å². The number of ether oxygens (including phenoxy) is 2. The third kappa shape index (κ3) is 2.28. The van der Waals surface area contributed by atoms with Gasteiger partial charge in [0.2, 0.25) is 0 Å². The second-order valence-corrected chi connectivity index (χ2v) is 4.51. The summed E-state index contributed by atoms with van der Waals surface area (Å²) in [6.45, 7) is 0.280. The maximum Gasteiger partial charge on any atom is 0.179 e. The summed E-state index contributed by atoms with van der Waals surface area (Å²) in [6, 6.07) is 11.1. The summed E-state index contributed by atoms with van der Waals surface area (Å²) in [5.74, 6) is 2.02. The van der Waals surface area contributed by atoms with Crippen LogP contribution in [0, 0.1) is 0 Å². The Morgan fingerprint density at radius 3 is 2.70 bits per heavy atom. The third-order valence-corrected chi connectivity index (χ3v) is 3.18. The smallest absolute Gasteiger partial charge is 0.179 e. The Morgan fingerprint density at radius 1 is 1.10 bits per heavy atom. The average Bonchev–Trinajstić information content (AvgIpc) is 2.90. The van der Waals surface area contributed by atoms with Crippen molar-refractivity contribution < 1.29 is 9.47 Å². The van der Waals surface area contributed by atoms with Crippen molar-refractivity contribution in [3.8, 4) is 11.5 Å². The first-order chi connectivity index (χ1) is 9.79. The number of aromatic nitrogens is 3. The lowest BCUT2D eigenvalue weighted by Gasteiger charge is -2.09. The monoisotopic (exact) mass is 289 g/mol. The van der Waals surface area contributed by atoms with Crippen molar-refractivity contribution in [3.05, 3.63) is 53.4 Å². The normalized spacial score (nSPS) is 10.7. The molecule has 0 aliphatic rings. The number of methoxy groups -OCH3 is 1. The molecule has 0 radical (unpaired) electrons. The van der Waals surface area contributed by atoms with Gasteiger partial charge in [0.15, 0.2) is 23.0 Å². The Labute approximate surface area is 120 Å². The fraction of sp³-hybridized carbons (Fsp3) is 0.143. The highest BCUT2D eigenvalue weighted by Gasteiger charge is 2.10. The summed E-state index contributed by atoms with van der Waals surface area (Å²) in [5.41, 5.74) is 0.618. The van der Waals surface area contributed by atoms with Crippen molar-refractivity contribution >= 4 is 17.2 Å². The molecule has 1 aromatic carbocycles. The number of fused-ring (bicyclic) bond motifs is 1. The molecule has 0 saturated carbocycles. The van der Waals surface area contributed by atoms with Gasteiger partial charge in [0.25, 0.3) is 0 Å². The molecule has 5 nitrogen and oxygen atoms in total. The quantitative estimate of drug-likeness (QED) is 0.741. The van der Waals surface area contributed by atoms with Gasteiger partial charge in [-0.05, 0) is 24.3 Å². The van der Waals surface area contributed by atoms with Crippen molar-refractivity contribution in [2.75, 3.05) is 7.11 Å². The number of benzene rings is 1. The predicted octanol–water partition coefficient (Wildman–Crippen LogP) is 2.97. The largest absolute Gasteiger partial charge is 0.493 e. The van der Waals surface area contributed by atoms with Crippen LogP contribution >= 0.6 is 11.6 Å². The molecule has 3 aromatic rings. The third-order valence-electron chi connectivity index (χ3n) is 2.88. The summed E-state index contributed by atoms with van der Waals surface area (Å²) in [4.78, 5) is 0. The minimum Gasteiger partial charge on any atom is -0.493 e. The Morgan fingerprint density at radius 2 is 1.90 bits per heavy atom. The molecule has 0 amide bonds. The van der Waals surface area contributed by atoms with Gasteiger partial charge >= 0.3 is 0 Å². The van der Waals surface area contributed by atoms with Crippen LogP contribution in [0.5, 0.6) is 11.5 Å². The molecule has 102 valence electrons. The van der Waals surface area contributed by atoms with E-state index in [4.69, 9.17) is 21.1 Å². The molecule has 0 saturated heterocycles. The van der Waals surface area contributed by atoms with Crippen LogP contribution in [0.25, 0.3) is 5.65 Å². The molecule has 0 spiro atoms. The first-order valence-corrected chi connectivity index (χ1v) is 6.41. The SMILES string of the molecule is COc1ccccc1OCc1nnc2c(Cl)cccn12. The molecular weight excluding hydrogens is 278 g/mol. The minimum absolute atomic E-state index is 0.280. The molecule has 3 rings (SSSR count). The van der Waals surface area contributed by atoms with Gasteiger partial charge in [-0.15, -0.1) is 10.2 Å². The van der Waals surface area contributed by atoms with Crippen molar-refractivity contribution in [3.63, 3.8) is 0 Å². The Kier molecular flexibility index (Phi) is 3.43. The van der Waals surface area contributed by atoms with Crippen molar-refractivity contribution in [2.45, 2.75) is 6.61 Å². The van der Waals surface area contributed by atoms with E-state index in [1.807, 2.05) is 36.5 Å². The van der Waals surface area contributed by atoms with Crippen LogP contribution < -0.4 is 9.47 Å². The molecule has 0 aliphatic carbocycles. The van der Waals surface area contributed by atoms with E-state index < -0.39 is 0 Å². The minimum atomic E-state index is 0.280. The standard InChI is InChI=1S/C14H12ClN3O2/c1-19-11-6-2-3-7-12(11)20-9-13-16-17-14-10(15)5-4-8-18(13)14/h2-8H,9H2,1H3. The van der Waals surface area contributed by atoms with Crippen molar-refractivity contribution in [1.82, 2.24) is 14.6 Å². The van der Waals surface area contributed by atoms with Crippen LogP contribution in [-0.4, -0.2) is 21.7 Å². The molecule has 0 bridgehead atoms. The molecule has 0 unspecified atom stereocenters. The highest BCUT2D eigenvalue weighted by Crippen LogP contribution is 2.26. The second kappa shape index (κ2) is 5.38. The maximum atomic E-state index is 6.05. The van der Waals surface area contributed by atoms with Crippen LogP contribution in [0.4, 0.5) is 0 Å². The predicted molar refractivity (Wildman–Crippen MR) is 75.3 cm³/mol. The molecule has 2 aromatic heterocycles. The van der Waals surface area contributed by atoms with Crippen LogP contribution in [0.3, 0.4) is 0 Å². The number of para-hydroxylation sites is 2. The first kappa shape index (κ1) is 12.7. The van der Waals surface area contributed by atoms with Gasteiger partial charge in [-0.2, -0.15) is 0 Å². The van der Waals surface area contributed by atoms with Gasteiger partial charge in [0.1, 0.15) is 6.61 Å². The molecule has 6 heteroatoms. The van der Waals surface area contributed by atoms with Gasteiger partial charge in [-0.1, -0.05) is 23.7 Å². The summed E-state index contributed by atoms with van der Waals surface area (Å²) in [7, 11) is 1.61. The fourth-order valence-corrected chi connectivity index (χ4v) is 2.11. The zero-order valence-electron chi connectivity index (χ0n) is 10.8. The number of hydrogen-bond acceptors (Lipinski definition) is 4. The Hall–Kier alpha value is -2.27. The number of hydrogen-bond donors (Lipinski definition) is 0. The highest BCUT2D eigenvalue weighted by atomic mass is 35.5. The summed E-state index contributed by atoms with van der Waals surface area (Å²) >= 11 is 6.05. The van der Waals surface area contributed by atoms with Gasteiger partial charge < -0.3 is 9.47 Å². The van der Waals surface area contributed by atoms with E-state index in [-0.39, 0.29) is 6.61 Å². The summed E-state index contributed by atoms with van der Waals surface area (Å²) < 4.78 is 12.8. The molecule has 0 fully saturated rings. The molecule has 0 atom stereocenters. The van der Waals surface area contributed by atoms with E-state index in [2.05, 4.69) is 10.2 Å². The van der Waals surface area contributed by atoms with Crippen LogP contribution in [-0.2, 0) is 6.61 Å². The van der Waals surface area contributed by atoms with E-state index >= 15 is 0 Å². The lowest BCUT2D eigenvalue weighted by Crippen LogP contribution is -2.02. The highest BCUT2D eigenvalue weighted by molar-refractivity contribution is 6.33. The van der Waals surface area contributed by atoms with Crippen molar-refractivity contribution in [2.24, 2.45) is 0 Å². The van der Waals surface area contributed by atoms with Crippen LogP contribution in [0.15, 0.2) is 42.6 Å². The van der Waals surface area contributed by atoms with E-state index in [0.29, 0.717) is 28.0 Å². The molecular formula is C14H12ClN3O2. The molecule has 0 aliphatic heterocycles. The number of nitrogens with zero attached hydrogens (tertiary/aromatic N) is 3. The number of rotatable bonds is 4. The van der Waals surface area contributed by atoms with E-state index in [1.165, 1.54) is 0 Å². The molecule has 20 heavy (non-hydrogen) atoms. The van der Waals surface area contributed by atoms with Crippen LogP contribution in [0.2, 0.25) is 5.02 Å². The molecule has 2 heterocycles. The fourth-order valence-electron chi connectivity index (χ4n) is 1.91. The van der Waals surface area contributed by atoms with E-state index in [1.54, 1.807) is 17.6 Å². The lowest BCUT2D eigenvalue weighted by atomic mass is 10.3. The topological polar surface area (TPSA) is 48.7 Å². The number of halogens is 1. The maximum absolute atomic E-state index is 6.05. The van der Waals surface area contributed by atoms with E-state index in [0.717, 1.165) is 0 Å². The zero-order valence-corrected chi connectivity index (χ0v) is 11.5. The Bertz CT molecular complexity index is 742. The summed E-state index contributed by atoms with van der Waals surface area (Å²) in [6.07, 6.45) is 1.85. The zero-order chi connectivity index (χ0) is 13.9. The number of pyridine rings is 1. The molecule has 0 N–H and O–H groups in total. The average molecular weight is 290 g/mol. The van der Waals surface area contributed by atoms with Gasteiger partial charge in [0, 0.05) is 6.20 Å². The first-order valence-electron chi connectivity index (χ1n) is 6.03. The lowest BCUT2D eigenvalue weighted by molar-refractivity contribution is 0.275.